The molecule has 2 N–H and O–H groups in total. The highest BCUT2D eigenvalue weighted by atomic mass is 32.1. The Bertz CT molecular complexity index is 715. The number of amides is 2. The van der Waals surface area contributed by atoms with E-state index in [0.29, 0.717) is 13.1 Å². The standard InChI is InChI=1S/C19H25N3O4S/c1-19(2,3)17(25)21-18(27)22-10-9-20-16(24)14(22)11-15(23)26-12-13-7-5-4-6-8-13/h4-8,14H,9-12H2,1-3H3,(H,20,24)(H,21,25,27). The Hall–Kier alpha value is -2.48. The van der Waals surface area contributed by atoms with E-state index in [-0.39, 0.29) is 30.0 Å². The quantitative estimate of drug-likeness (QED) is 0.595. The van der Waals surface area contributed by atoms with Crippen LogP contribution >= 0.6 is 12.2 Å². The van der Waals surface area contributed by atoms with Crippen LogP contribution in [0.25, 0.3) is 0 Å². The molecule has 146 valence electrons. The molecule has 0 aromatic heterocycles. The lowest BCUT2D eigenvalue weighted by atomic mass is 9.96. The molecule has 0 bridgehead atoms. The molecule has 1 heterocycles. The van der Waals surface area contributed by atoms with Gasteiger partial charge >= 0.3 is 5.97 Å². The van der Waals surface area contributed by atoms with Crippen molar-refractivity contribution in [1.82, 2.24) is 15.5 Å². The van der Waals surface area contributed by atoms with Crippen LogP contribution in [0.3, 0.4) is 0 Å². The molecule has 1 aromatic rings. The molecule has 0 spiro atoms. The largest absolute Gasteiger partial charge is 0.461 e. The SMILES string of the molecule is CC(C)(C)C(=O)NC(=S)N1CCNC(=O)C1CC(=O)OCc1ccccc1. The molecule has 1 fully saturated rings. The third-order valence-electron chi connectivity index (χ3n) is 4.10. The first-order valence-corrected chi connectivity index (χ1v) is 9.18. The number of hydrogen-bond donors (Lipinski definition) is 2. The van der Waals surface area contributed by atoms with Crippen LogP contribution in [0.2, 0.25) is 0 Å². The van der Waals surface area contributed by atoms with Crippen molar-refractivity contribution < 1.29 is 19.1 Å². The van der Waals surface area contributed by atoms with E-state index in [1.807, 2.05) is 30.3 Å². The molecule has 2 rings (SSSR count). The molecule has 1 unspecified atom stereocenters. The molecular formula is C19H25N3O4S. The zero-order valence-electron chi connectivity index (χ0n) is 15.8. The van der Waals surface area contributed by atoms with Gasteiger partial charge in [-0.1, -0.05) is 51.1 Å². The Balaban J connectivity index is 1.98. The number of ether oxygens (including phenoxy) is 1. The smallest absolute Gasteiger partial charge is 0.308 e. The van der Waals surface area contributed by atoms with Crippen molar-refractivity contribution in [2.24, 2.45) is 5.41 Å². The highest BCUT2D eigenvalue weighted by Crippen LogP contribution is 2.15. The number of esters is 1. The maximum atomic E-state index is 12.3. The van der Waals surface area contributed by atoms with Crippen molar-refractivity contribution in [2.45, 2.75) is 39.8 Å². The Labute approximate surface area is 164 Å². The van der Waals surface area contributed by atoms with Gasteiger partial charge in [0.25, 0.3) is 0 Å². The molecule has 0 radical (unpaired) electrons. The summed E-state index contributed by atoms with van der Waals surface area (Å²) in [6, 6.07) is 8.48. The number of benzene rings is 1. The summed E-state index contributed by atoms with van der Waals surface area (Å²) < 4.78 is 5.27. The summed E-state index contributed by atoms with van der Waals surface area (Å²) in [5, 5.41) is 5.52. The average molecular weight is 391 g/mol. The number of nitrogens with zero attached hydrogens (tertiary/aromatic N) is 1. The van der Waals surface area contributed by atoms with Crippen LogP contribution in [0, 0.1) is 5.41 Å². The van der Waals surface area contributed by atoms with Gasteiger partial charge in [-0.15, -0.1) is 0 Å². The molecule has 7 nitrogen and oxygen atoms in total. The molecule has 0 aliphatic carbocycles. The molecule has 1 aliphatic rings. The van der Waals surface area contributed by atoms with Gasteiger partial charge in [-0.3, -0.25) is 14.4 Å². The third-order valence-corrected chi connectivity index (χ3v) is 4.43. The van der Waals surface area contributed by atoms with E-state index in [4.69, 9.17) is 17.0 Å². The Morgan fingerprint density at radius 3 is 2.59 bits per heavy atom. The summed E-state index contributed by atoms with van der Waals surface area (Å²) in [7, 11) is 0. The van der Waals surface area contributed by atoms with Crippen molar-refractivity contribution in [3.05, 3.63) is 35.9 Å². The second-order valence-corrected chi connectivity index (χ2v) is 7.75. The summed E-state index contributed by atoms with van der Waals surface area (Å²) >= 11 is 5.31. The maximum absolute atomic E-state index is 12.3. The lowest BCUT2D eigenvalue weighted by Crippen LogP contribution is -2.61. The average Bonchev–Trinajstić information content (AvgIpc) is 2.61. The minimum absolute atomic E-state index is 0.138. The minimum atomic E-state index is -0.810. The van der Waals surface area contributed by atoms with Gasteiger partial charge in [-0.25, -0.2) is 0 Å². The maximum Gasteiger partial charge on any atom is 0.308 e. The highest BCUT2D eigenvalue weighted by Gasteiger charge is 2.35. The Kier molecular flexibility index (Phi) is 6.90. The topological polar surface area (TPSA) is 87.7 Å². The summed E-state index contributed by atoms with van der Waals surface area (Å²) in [5.74, 6) is -1.06. The first-order chi connectivity index (χ1) is 12.7. The van der Waals surface area contributed by atoms with E-state index in [0.717, 1.165) is 5.56 Å². The van der Waals surface area contributed by atoms with Gasteiger partial charge in [0.2, 0.25) is 11.8 Å². The number of carbonyl (C=O) groups excluding carboxylic acids is 3. The van der Waals surface area contributed by atoms with Gasteiger partial charge in [0.05, 0.1) is 6.42 Å². The Morgan fingerprint density at radius 2 is 1.96 bits per heavy atom. The fourth-order valence-electron chi connectivity index (χ4n) is 2.47. The second kappa shape index (κ2) is 8.94. The first kappa shape index (κ1) is 20.8. The summed E-state index contributed by atoms with van der Waals surface area (Å²) in [6.45, 7) is 6.25. The molecule has 0 saturated carbocycles. The molecule has 2 amide bonds. The van der Waals surface area contributed by atoms with Crippen LogP contribution in [-0.2, 0) is 25.7 Å². The molecule has 1 saturated heterocycles. The molecule has 27 heavy (non-hydrogen) atoms. The normalized spacial score (nSPS) is 17.1. The van der Waals surface area contributed by atoms with Crippen molar-refractivity contribution in [3.63, 3.8) is 0 Å². The van der Waals surface area contributed by atoms with E-state index in [1.54, 1.807) is 25.7 Å². The summed E-state index contributed by atoms with van der Waals surface area (Å²) in [6.07, 6.45) is -0.149. The first-order valence-electron chi connectivity index (χ1n) is 8.78. The van der Waals surface area contributed by atoms with Gasteiger partial charge < -0.3 is 20.3 Å². The predicted octanol–water partition coefficient (Wildman–Crippen LogP) is 1.37. The van der Waals surface area contributed by atoms with Gasteiger partial charge in [0.1, 0.15) is 12.6 Å². The minimum Gasteiger partial charge on any atom is -0.461 e. The van der Waals surface area contributed by atoms with Crippen LogP contribution in [-0.4, -0.2) is 46.9 Å². The monoisotopic (exact) mass is 391 g/mol. The predicted molar refractivity (Wildman–Crippen MR) is 105 cm³/mol. The van der Waals surface area contributed by atoms with Crippen molar-refractivity contribution in [1.29, 1.82) is 0 Å². The van der Waals surface area contributed by atoms with Crippen molar-refractivity contribution in [3.8, 4) is 0 Å². The van der Waals surface area contributed by atoms with Gasteiger partial charge in [-0.05, 0) is 17.8 Å². The fourth-order valence-corrected chi connectivity index (χ4v) is 2.78. The zero-order chi connectivity index (χ0) is 20.0. The molecule has 1 aliphatic heterocycles. The van der Waals surface area contributed by atoms with E-state index >= 15 is 0 Å². The number of carbonyl (C=O) groups is 3. The van der Waals surface area contributed by atoms with Crippen LogP contribution in [0.1, 0.15) is 32.8 Å². The number of thiocarbonyl (C=S) groups is 1. The lowest BCUT2D eigenvalue weighted by molar-refractivity contribution is -0.148. The van der Waals surface area contributed by atoms with E-state index < -0.39 is 17.4 Å². The summed E-state index contributed by atoms with van der Waals surface area (Å²) in [4.78, 5) is 38.2. The van der Waals surface area contributed by atoms with Gasteiger partial charge in [0, 0.05) is 18.5 Å². The molecule has 1 aromatic carbocycles. The van der Waals surface area contributed by atoms with Crippen molar-refractivity contribution >= 4 is 35.1 Å². The van der Waals surface area contributed by atoms with Crippen LogP contribution in [0.15, 0.2) is 30.3 Å². The Morgan fingerprint density at radius 1 is 1.30 bits per heavy atom. The van der Waals surface area contributed by atoms with E-state index in [9.17, 15) is 14.4 Å². The number of hydrogen-bond acceptors (Lipinski definition) is 5. The second-order valence-electron chi connectivity index (χ2n) is 7.36. The van der Waals surface area contributed by atoms with Crippen molar-refractivity contribution in [2.75, 3.05) is 13.1 Å². The molecule has 8 heteroatoms. The lowest BCUT2D eigenvalue weighted by Gasteiger charge is -2.36. The summed E-state index contributed by atoms with van der Waals surface area (Å²) in [5.41, 5.74) is 0.246. The van der Waals surface area contributed by atoms with E-state index in [2.05, 4.69) is 10.6 Å². The number of rotatable bonds is 4. The third kappa shape index (κ3) is 6.02. The van der Waals surface area contributed by atoms with Crippen LogP contribution in [0.5, 0.6) is 0 Å². The number of nitrogens with one attached hydrogen (secondary N) is 2. The van der Waals surface area contributed by atoms with Gasteiger partial charge in [0.15, 0.2) is 5.11 Å². The molecule has 1 atom stereocenters. The highest BCUT2D eigenvalue weighted by molar-refractivity contribution is 7.80. The van der Waals surface area contributed by atoms with E-state index in [1.165, 1.54) is 0 Å². The van der Waals surface area contributed by atoms with Gasteiger partial charge in [-0.2, -0.15) is 0 Å². The number of piperazine rings is 1. The van der Waals surface area contributed by atoms with Crippen LogP contribution in [0.4, 0.5) is 0 Å². The zero-order valence-corrected chi connectivity index (χ0v) is 16.6. The fraction of sp³-hybridized carbons (Fsp3) is 0.474. The molecular weight excluding hydrogens is 366 g/mol. The van der Waals surface area contributed by atoms with Crippen LogP contribution < -0.4 is 10.6 Å².